The fourth-order valence-electron chi connectivity index (χ4n) is 3.28. The topological polar surface area (TPSA) is 64.7 Å². The van der Waals surface area contributed by atoms with Crippen molar-refractivity contribution in [3.8, 4) is 0 Å². The summed E-state index contributed by atoms with van der Waals surface area (Å²) in [7, 11) is 0. The molecule has 0 fully saturated rings. The van der Waals surface area contributed by atoms with E-state index in [4.69, 9.17) is 5.73 Å². The SMILES string of the molecule is Nc1nnc(C2CCCc3cccnc32)c2ccccc12. The van der Waals surface area contributed by atoms with E-state index in [1.165, 1.54) is 5.56 Å². The van der Waals surface area contributed by atoms with Crippen LogP contribution in [0.4, 0.5) is 5.82 Å². The molecule has 104 valence electrons. The van der Waals surface area contributed by atoms with Crippen molar-refractivity contribution < 1.29 is 0 Å². The Morgan fingerprint density at radius 3 is 2.71 bits per heavy atom. The zero-order valence-corrected chi connectivity index (χ0v) is 11.7. The molecule has 4 heteroatoms. The number of aryl methyl sites for hydroxylation is 1. The molecule has 1 aliphatic carbocycles. The Hall–Kier alpha value is -2.49. The van der Waals surface area contributed by atoms with Gasteiger partial charge in [0.15, 0.2) is 5.82 Å². The number of pyridine rings is 1. The summed E-state index contributed by atoms with van der Waals surface area (Å²) >= 11 is 0. The summed E-state index contributed by atoms with van der Waals surface area (Å²) in [6.07, 6.45) is 5.18. The first-order valence-corrected chi connectivity index (χ1v) is 7.29. The predicted octanol–water partition coefficient (Wildman–Crippen LogP) is 3.08. The largest absolute Gasteiger partial charge is 0.382 e. The Bertz CT molecular complexity index is 813. The molecule has 1 atom stereocenters. The number of anilines is 1. The number of nitrogens with zero attached hydrogens (tertiary/aromatic N) is 3. The Kier molecular flexibility index (Phi) is 2.81. The lowest BCUT2D eigenvalue weighted by atomic mass is 9.83. The maximum absolute atomic E-state index is 5.96. The van der Waals surface area contributed by atoms with Crippen molar-refractivity contribution in [3.05, 3.63) is 59.5 Å². The number of nitrogens with two attached hydrogens (primary N) is 1. The number of rotatable bonds is 1. The highest BCUT2D eigenvalue weighted by Crippen LogP contribution is 2.37. The van der Waals surface area contributed by atoms with Gasteiger partial charge in [-0.3, -0.25) is 4.98 Å². The lowest BCUT2D eigenvalue weighted by molar-refractivity contribution is 0.586. The number of hydrogen-bond acceptors (Lipinski definition) is 4. The van der Waals surface area contributed by atoms with Gasteiger partial charge in [-0.1, -0.05) is 30.3 Å². The second kappa shape index (κ2) is 4.81. The number of benzene rings is 1. The molecule has 0 aliphatic heterocycles. The van der Waals surface area contributed by atoms with Crippen LogP contribution >= 0.6 is 0 Å². The van der Waals surface area contributed by atoms with Crippen LogP contribution in [0, 0.1) is 0 Å². The Morgan fingerprint density at radius 2 is 1.81 bits per heavy atom. The molecule has 1 aliphatic rings. The Morgan fingerprint density at radius 1 is 0.952 bits per heavy atom. The van der Waals surface area contributed by atoms with Crippen molar-refractivity contribution >= 4 is 16.6 Å². The van der Waals surface area contributed by atoms with Crippen molar-refractivity contribution in [2.75, 3.05) is 5.73 Å². The van der Waals surface area contributed by atoms with Gasteiger partial charge >= 0.3 is 0 Å². The van der Waals surface area contributed by atoms with E-state index in [2.05, 4.69) is 27.3 Å². The lowest BCUT2D eigenvalue weighted by Gasteiger charge is -2.24. The summed E-state index contributed by atoms with van der Waals surface area (Å²) in [6.45, 7) is 0. The zero-order chi connectivity index (χ0) is 14.2. The van der Waals surface area contributed by atoms with E-state index in [1.54, 1.807) is 0 Å². The summed E-state index contributed by atoms with van der Waals surface area (Å²) in [5, 5.41) is 10.6. The molecular weight excluding hydrogens is 260 g/mol. The molecule has 21 heavy (non-hydrogen) atoms. The Balaban J connectivity index is 1.94. The maximum atomic E-state index is 5.96. The first-order valence-electron chi connectivity index (χ1n) is 7.29. The molecule has 1 unspecified atom stereocenters. The smallest absolute Gasteiger partial charge is 0.153 e. The van der Waals surface area contributed by atoms with Crippen LogP contribution in [0.25, 0.3) is 10.8 Å². The number of hydrogen-bond donors (Lipinski definition) is 1. The van der Waals surface area contributed by atoms with Gasteiger partial charge in [0.2, 0.25) is 0 Å². The third-order valence-electron chi connectivity index (χ3n) is 4.27. The molecule has 0 saturated carbocycles. The standard InChI is InChI=1S/C17H16N4/c18-17-13-8-2-1-7-12(13)16(20-21-17)14-9-3-5-11-6-4-10-19-15(11)14/h1-2,4,6-8,10,14H,3,5,9H2,(H2,18,21). The van der Waals surface area contributed by atoms with Gasteiger partial charge < -0.3 is 5.73 Å². The predicted molar refractivity (Wildman–Crippen MR) is 83.0 cm³/mol. The van der Waals surface area contributed by atoms with Crippen LogP contribution in [0.1, 0.15) is 35.7 Å². The van der Waals surface area contributed by atoms with Crippen LogP contribution in [-0.2, 0) is 6.42 Å². The average Bonchev–Trinajstić information content (AvgIpc) is 2.55. The number of nitrogen functional groups attached to an aromatic ring is 1. The van der Waals surface area contributed by atoms with Crippen molar-refractivity contribution in [2.24, 2.45) is 0 Å². The van der Waals surface area contributed by atoms with Crippen LogP contribution in [0.2, 0.25) is 0 Å². The Labute approximate surface area is 123 Å². The fraction of sp³-hybridized carbons (Fsp3) is 0.235. The third kappa shape index (κ3) is 1.95. The summed E-state index contributed by atoms with van der Waals surface area (Å²) in [6, 6.07) is 12.3. The van der Waals surface area contributed by atoms with Crippen LogP contribution in [0.5, 0.6) is 0 Å². The molecule has 0 spiro atoms. The van der Waals surface area contributed by atoms with E-state index in [1.807, 2.05) is 30.5 Å². The van der Waals surface area contributed by atoms with Crippen LogP contribution in [-0.4, -0.2) is 15.2 Å². The van der Waals surface area contributed by atoms with Crippen molar-refractivity contribution in [3.63, 3.8) is 0 Å². The van der Waals surface area contributed by atoms with Crippen molar-refractivity contribution in [1.29, 1.82) is 0 Å². The van der Waals surface area contributed by atoms with Crippen LogP contribution in [0.15, 0.2) is 42.6 Å². The van der Waals surface area contributed by atoms with Gasteiger partial charge in [-0.15, -0.1) is 5.10 Å². The highest BCUT2D eigenvalue weighted by Gasteiger charge is 2.26. The quantitative estimate of drug-likeness (QED) is 0.742. The lowest BCUT2D eigenvalue weighted by Crippen LogP contribution is -2.15. The first-order chi connectivity index (χ1) is 10.3. The van der Waals surface area contributed by atoms with E-state index < -0.39 is 0 Å². The average molecular weight is 276 g/mol. The van der Waals surface area contributed by atoms with E-state index in [0.717, 1.165) is 41.4 Å². The van der Waals surface area contributed by atoms with Crippen molar-refractivity contribution in [1.82, 2.24) is 15.2 Å². The minimum Gasteiger partial charge on any atom is -0.382 e. The maximum Gasteiger partial charge on any atom is 0.153 e. The first kappa shape index (κ1) is 12.3. The third-order valence-corrected chi connectivity index (χ3v) is 4.27. The number of aromatic nitrogens is 3. The molecule has 0 amide bonds. The van der Waals surface area contributed by atoms with E-state index in [9.17, 15) is 0 Å². The number of fused-ring (bicyclic) bond motifs is 2. The summed E-state index contributed by atoms with van der Waals surface area (Å²) in [5.74, 6) is 0.708. The van der Waals surface area contributed by atoms with Gasteiger partial charge in [0.05, 0.1) is 11.4 Å². The fourth-order valence-corrected chi connectivity index (χ4v) is 3.28. The molecule has 3 aromatic rings. The second-order valence-electron chi connectivity index (χ2n) is 5.51. The second-order valence-corrected chi connectivity index (χ2v) is 5.51. The molecule has 0 radical (unpaired) electrons. The van der Waals surface area contributed by atoms with Gasteiger partial charge in [0, 0.05) is 22.9 Å². The zero-order valence-electron chi connectivity index (χ0n) is 11.7. The molecule has 2 N–H and O–H groups in total. The molecule has 0 bridgehead atoms. The highest BCUT2D eigenvalue weighted by molar-refractivity contribution is 5.92. The summed E-state index contributed by atoms with van der Waals surface area (Å²) in [4.78, 5) is 4.61. The van der Waals surface area contributed by atoms with Crippen LogP contribution in [0.3, 0.4) is 0 Å². The minimum atomic E-state index is 0.216. The van der Waals surface area contributed by atoms with E-state index in [-0.39, 0.29) is 5.92 Å². The van der Waals surface area contributed by atoms with Gasteiger partial charge in [0.1, 0.15) is 0 Å². The van der Waals surface area contributed by atoms with Gasteiger partial charge in [-0.05, 0) is 30.9 Å². The van der Waals surface area contributed by atoms with Crippen molar-refractivity contribution in [2.45, 2.75) is 25.2 Å². The van der Waals surface area contributed by atoms with Gasteiger partial charge in [0.25, 0.3) is 0 Å². The molecule has 4 nitrogen and oxygen atoms in total. The van der Waals surface area contributed by atoms with E-state index >= 15 is 0 Å². The highest BCUT2D eigenvalue weighted by atomic mass is 15.1. The molecule has 0 saturated heterocycles. The van der Waals surface area contributed by atoms with E-state index in [0.29, 0.717) is 5.82 Å². The molecule has 4 rings (SSSR count). The van der Waals surface area contributed by atoms with Gasteiger partial charge in [-0.2, -0.15) is 5.10 Å². The minimum absolute atomic E-state index is 0.216. The molecule has 2 heterocycles. The summed E-state index contributed by atoms with van der Waals surface area (Å²) < 4.78 is 0. The van der Waals surface area contributed by atoms with Crippen LogP contribution < -0.4 is 5.73 Å². The normalized spacial score (nSPS) is 17.6. The molecule has 2 aromatic heterocycles. The van der Waals surface area contributed by atoms with Gasteiger partial charge in [-0.25, -0.2) is 0 Å². The summed E-state index contributed by atoms with van der Waals surface area (Å²) in [5.41, 5.74) is 9.44. The molecule has 1 aromatic carbocycles. The monoisotopic (exact) mass is 276 g/mol. The molecular formula is C17H16N4.